The number of aromatic nitrogens is 1. The summed E-state index contributed by atoms with van der Waals surface area (Å²) >= 11 is 0. The third-order valence-electron chi connectivity index (χ3n) is 0.671. The zero-order valence-corrected chi connectivity index (χ0v) is 2.84. The quantitative estimate of drug-likeness (QED) is 0.442. The lowest BCUT2D eigenvalue weighted by molar-refractivity contribution is 0.373. The largest absolute Gasteiger partial charge is 0.424 e. The summed E-state index contributed by atoms with van der Waals surface area (Å²) in [7, 11) is 0. The molecule has 0 fully saturated rings. The molecule has 0 N–H and O–H groups in total. The smallest absolute Gasteiger partial charge is 0.303 e. The van der Waals surface area contributed by atoms with Crippen molar-refractivity contribution < 1.29 is 9.26 Å². The predicted octanol–water partition coefficient (Wildman–Crippen LogP) is 0.780. The van der Waals surface area contributed by atoms with Gasteiger partial charge < -0.3 is 9.26 Å². The van der Waals surface area contributed by atoms with Crippen LogP contribution in [0.5, 0.6) is 11.6 Å². The summed E-state index contributed by atoms with van der Waals surface area (Å²) in [6.45, 7) is 0. The molecule has 0 spiro atoms. The number of rotatable bonds is 0. The third kappa shape index (κ3) is 0.100. The minimum absolute atomic E-state index is 0.634. The van der Waals surface area contributed by atoms with E-state index in [1.54, 1.807) is 0 Å². The summed E-state index contributed by atoms with van der Waals surface area (Å²) in [6, 6.07) is 0. The van der Waals surface area contributed by atoms with Crippen LogP contribution in [0.25, 0.3) is 0 Å². The van der Waals surface area contributed by atoms with E-state index in [9.17, 15) is 0 Å². The Bertz CT molecular complexity index is 153. The van der Waals surface area contributed by atoms with Gasteiger partial charge in [0.1, 0.15) is 0 Å². The Kier molecular flexibility index (Phi) is 0.166. The highest BCUT2D eigenvalue weighted by atomic mass is 16.6. The van der Waals surface area contributed by atoms with E-state index >= 15 is 0 Å². The van der Waals surface area contributed by atoms with Crippen LogP contribution in [0.1, 0.15) is 0 Å². The van der Waals surface area contributed by atoms with Crippen LogP contribution in [-0.4, -0.2) is 5.16 Å². The fourth-order valence-electron chi connectivity index (χ4n) is 0.339. The molecule has 0 saturated heterocycles. The van der Waals surface area contributed by atoms with E-state index in [0.29, 0.717) is 5.88 Å². The van der Waals surface area contributed by atoms with Gasteiger partial charge in [-0.1, -0.05) is 0 Å². The van der Waals surface area contributed by atoms with Crippen LogP contribution in [0.3, 0.4) is 0 Å². The van der Waals surface area contributed by atoms with Gasteiger partial charge in [0, 0.05) is 0 Å². The van der Waals surface area contributed by atoms with E-state index in [1.807, 2.05) is 0 Å². The Hall–Kier alpha value is -0.990. The summed E-state index contributed by atoms with van der Waals surface area (Å²) in [5.41, 5.74) is 0. The Balaban J connectivity index is 2.88. The molecule has 0 bridgehead atoms. The summed E-state index contributed by atoms with van der Waals surface area (Å²) in [4.78, 5) is 0. The van der Waals surface area contributed by atoms with Crippen molar-refractivity contribution in [2.24, 2.45) is 0 Å². The van der Waals surface area contributed by atoms with Crippen LogP contribution in [0.2, 0.25) is 0 Å². The fourth-order valence-corrected chi connectivity index (χ4v) is 0.339. The maximum absolute atomic E-state index is 4.64. The lowest BCUT2D eigenvalue weighted by Gasteiger charge is -1.63. The third-order valence-corrected chi connectivity index (χ3v) is 0.671. The molecule has 1 aliphatic heterocycles. The molecular formula is C3HNO2. The van der Waals surface area contributed by atoms with Crippen LogP contribution in [0.15, 0.2) is 10.8 Å². The molecule has 0 radical (unpaired) electrons. The molecule has 2 rings (SSSR count). The monoisotopic (exact) mass is 83.0 g/mol. The van der Waals surface area contributed by atoms with Crippen LogP contribution in [0.4, 0.5) is 0 Å². The molecule has 0 atom stereocenters. The van der Waals surface area contributed by atoms with E-state index in [2.05, 4.69) is 14.4 Å². The lowest BCUT2D eigenvalue weighted by Crippen LogP contribution is -1.54. The first-order valence-electron chi connectivity index (χ1n) is 1.59. The molecule has 30 valence electrons. The predicted molar refractivity (Wildman–Crippen MR) is 16.6 cm³/mol. The fraction of sp³-hybridized carbons (Fsp3) is 0. The van der Waals surface area contributed by atoms with Gasteiger partial charge in [0.15, 0.2) is 6.26 Å². The first kappa shape index (κ1) is 2.23. The lowest BCUT2D eigenvalue weighted by atomic mass is 10.8. The molecule has 0 saturated carbocycles. The standard InChI is InChI=1S/C3HNO2/c1-2-3(6-2)4-5-1/h1H. The normalized spacial score (nSPS) is 12.7. The summed E-state index contributed by atoms with van der Waals surface area (Å²) in [5, 5.41) is 3.41. The molecule has 0 aromatic carbocycles. The van der Waals surface area contributed by atoms with Crippen molar-refractivity contribution in [2.75, 3.05) is 0 Å². The molecule has 3 heteroatoms. The number of fused-ring (bicyclic) bond motifs is 1. The van der Waals surface area contributed by atoms with Crippen molar-refractivity contribution in [2.45, 2.75) is 0 Å². The SMILES string of the molecule is c1onc2c1O2. The average Bonchev–Trinajstić information content (AvgIpc) is 2.17. The second kappa shape index (κ2) is 0.448. The van der Waals surface area contributed by atoms with Crippen molar-refractivity contribution in [1.82, 2.24) is 5.16 Å². The maximum atomic E-state index is 4.64. The zero-order valence-electron chi connectivity index (χ0n) is 2.84. The van der Waals surface area contributed by atoms with E-state index in [0.717, 1.165) is 5.75 Å². The Labute approximate surface area is 33.5 Å². The second-order valence-corrected chi connectivity index (χ2v) is 1.09. The van der Waals surface area contributed by atoms with Gasteiger partial charge in [-0.15, -0.1) is 0 Å². The number of nitrogens with zero attached hydrogens (tertiary/aromatic N) is 1. The van der Waals surface area contributed by atoms with Crippen LogP contribution >= 0.6 is 0 Å². The highest BCUT2D eigenvalue weighted by Crippen LogP contribution is 2.42. The average molecular weight is 83.0 g/mol. The van der Waals surface area contributed by atoms with Gasteiger partial charge >= 0.3 is 5.88 Å². The molecule has 1 aliphatic rings. The van der Waals surface area contributed by atoms with Gasteiger partial charge in [0.05, 0.1) is 0 Å². The van der Waals surface area contributed by atoms with Crippen molar-refractivity contribution in [3.8, 4) is 11.6 Å². The van der Waals surface area contributed by atoms with Gasteiger partial charge in [-0.3, -0.25) is 0 Å². The molecule has 1 aromatic rings. The Morgan fingerprint density at radius 3 is 2.83 bits per heavy atom. The topological polar surface area (TPSA) is 38.6 Å². The first-order chi connectivity index (χ1) is 2.97. The Morgan fingerprint density at radius 2 is 2.67 bits per heavy atom. The van der Waals surface area contributed by atoms with Crippen molar-refractivity contribution in [1.29, 1.82) is 0 Å². The number of ether oxygens (including phenoxy) is 1. The number of hydrogen-bond donors (Lipinski definition) is 0. The number of hydrogen-bond acceptors (Lipinski definition) is 3. The summed E-state index contributed by atoms with van der Waals surface area (Å²) < 4.78 is 9.05. The van der Waals surface area contributed by atoms with E-state index in [1.165, 1.54) is 6.26 Å². The molecular weight excluding hydrogens is 82.0 g/mol. The molecule has 2 heterocycles. The molecule has 0 unspecified atom stereocenters. The van der Waals surface area contributed by atoms with E-state index in [-0.39, 0.29) is 0 Å². The van der Waals surface area contributed by atoms with E-state index in [4.69, 9.17) is 0 Å². The molecule has 6 heavy (non-hydrogen) atoms. The minimum Gasteiger partial charge on any atom is -0.424 e. The summed E-state index contributed by atoms with van der Waals surface area (Å²) in [6.07, 6.45) is 1.47. The van der Waals surface area contributed by atoms with E-state index < -0.39 is 0 Å². The minimum atomic E-state index is 0.634. The molecule has 0 aliphatic carbocycles. The highest BCUT2D eigenvalue weighted by molar-refractivity contribution is 5.44. The van der Waals surface area contributed by atoms with Gasteiger partial charge in [-0.25, -0.2) is 0 Å². The van der Waals surface area contributed by atoms with Gasteiger partial charge in [-0.2, -0.15) is 0 Å². The zero-order chi connectivity index (χ0) is 3.98. The van der Waals surface area contributed by atoms with Crippen LogP contribution in [0, 0.1) is 0 Å². The van der Waals surface area contributed by atoms with Gasteiger partial charge in [0.2, 0.25) is 5.75 Å². The molecule has 1 aromatic heterocycles. The van der Waals surface area contributed by atoms with Crippen LogP contribution in [-0.2, 0) is 0 Å². The molecule has 0 amide bonds. The van der Waals surface area contributed by atoms with Gasteiger partial charge in [0.25, 0.3) is 0 Å². The van der Waals surface area contributed by atoms with Crippen molar-refractivity contribution >= 4 is 0 Å². The van der Waals surface area contributed by atoms with Crippen molar-refractivity contribution in [3.63, 3.8) is 0 Å². The highest BCUT2D eigenvalue weighted by Gasteiger charge is 2.24. The van der Waals surface area contributed by atoms with Crippen molar-refractivity contribution in [3.05, 3.63) is 6.26 Å². The second-order valence-electron chi connectivity index (χ2n) is 1.09. The molecule has 3 nitrogen and oxygen atoms in total. The maximum Gasteiger partial charge on any atom is 0.303 e. The summed E-state index contributed by atoms with van der Waals surface area (Å²) in [5.74, 6) is 1.41. The van der Waals surface area contributed by atoms with Crippen LogP contribution < -0.4 is 4.74 Å². The first-order valence-corrected chi connectivity index (χ1v) is 1.59. The van der Waals surface area contributed by atoms with Gasteiger partial charge in [-0.05, 0) is 5.16 Å². The Morgan fingerprint density at radius 1 is 1.67 bits per heavy atom.